The van der Waals surface area contributed by atoms with Crippen LogP contribution in [-0.4, -0.2) is 47.0 Å². The lowest BCUT2D eigenvalue weighted by Gasteiger charge is -2.33. The first-order valence-electron chi connectivity index (χ1n) is 7.31. The molecule has 1 fully saturated rings. The number of hydrogen-bond donors (Lipinski definition) is 0. The number of piperazine rings is 1. The van der Waals surface area contributed by atoms with Crippen molar-refractivity contribution < 1.29 is 9.18 Å². The van der Waals surface area contributed by atoms with Crippen LogP contribution in [0.25, 0.3) is 0 Å². The summed E-state index contributed by atoms with van der Waals surface area (Å²) >= 11 is 0. The van der Waals surface area contributed by atoms with Crippen molar-refractivity contribution in [2.24, 2.45) is 0 Å². The maximum atomic E-state index is 12.8. The van der Waals surface area contributed by atoms with E-state index in [1.165, 1.54) is 12.1 Å². The molecule has 0 N–H and O–H groups in total. The molecule has 116 valence electrons. The van der Waals surface area contributed by atoms with Gasteiger partial charge in [-0.1, -0.05) is 5.92 Å². The van der Waals surface area contributed by atoms with E-state index >= 15 is 0 Å². The second-order valence-corrected chi connectivity index (χ2v) is 5.08. The molecule has 1 aliphatic heterocycles. The molecule has 0 unspecified atom stereocenters. The Balaban J connectivity index is 1.57. The van der Waals surface area contributed by atoms with Crippen LogP contribution in [0.2, 0.25) is 0 Å². The van der Waals surface area contributed by atoms with Crippen LogP contribution in [0, 0.1) is 17.7 Å². The van der Waals surface area contributed by atoms with Gasteiger partial charge in [0, 0.05) is 50.1 Å². The number of halogens is 1. The number of carbonyl (C=O) groups is 1. The summed E-state index contributed by atoms with van der Waals surface area (Å²) in [5.74, 6) is 5.51. The molecule has 1 saturated heterocycles. The summed E-state index contributed by atoms with van der Waals surface area (Å²) in [6, 6.07) is 7.54. The van der Waals surface area contributed by atoms with E-state index in [1.54, 1.807) is 35.5 Å². The molecule has 0 bridgehead atoms. The van der Waals surface area contributed by atoms with Gasteiger partial charge in [-0.05, 0) is 30.3 Å². The predicted octanol–water partition coefficient (Wildman–Crippen LogP) is 1.32. The largest absolute Gasteiger partial charge is 0.337 e. The first-order chi connectivity index (χ1) is 11.2. The van der Waals surface area contributed by atoms with Crippen LogP contribution in [0.4, 0.5) is 10.3 Å². The summed E-state index contributed by atoms with van der Waals surface area (Å²) in [5, 5.41) is 0. The second kappa shape index (κ2) is 6.88. The lowest BCUT2D eigenvalue weighted by atomic mass is 10.2. The first kappa shape index (κ1) is 15.0. The van der Waals surface area contributed by atoms with E-state index in [1.807, 2.05) is 4.90 Å². The molecule has 5 nitrogen and oxygen atoms in total. The monoisotopic (exact) mass is 310 g/mol. The number of carbonyl (C=O) groups excluding carboxylic acids is 1. The zero-order valence-corrected chi connectivity index (χ0v) is 12.4. The Hall–Kier alpha value is -2.94. The third-order valence-corrected chi connectivity index (χ3v) is 3.56. The number of aromatic nitrogens is 2. The highest BCUT2D eigenvalue weighted by Crippen LogP contribution is 2.09. The van der Waals surface area contributed by atoms with Crippen molar-refractivity contribution in [3.05, 3.63) is 54.1 Å². The van der Waals surface area contributed by atoms with E-state index in [0.29, 0.717) is 37.7 Å². The van der Waals surface area contributed by atoms with Crippen molar-refractivity contribution in [2.45, 2.75) is 0 Å². The average molecular weight is 310 g/mol. The van der Waals surface area contributed by atoms with Crippen LogP contribution in [0.3, 0.4) is 0 Å². The number of hydrogen-bond acceptors (Lipinski definition) is 4. The third-order valence-electron chi connectivity index (χ3n) is 3.56. The van der Waals surface area contributed by atoms with Gasteiger partial charge in [-0.2, -0.15) is 0 Å². The molecule has 3 rings (SSSR count). The summed E-state index contributed by atoms with van der Waals surface area (Å²) in [6.45, 7) is 2.51. The fourth-order valence-electron chi connectivity index (χ4n) is 2.30. The minimum absolute atomic E-state index is 0.219. The van der Waals surface area contributed by atoms with E-state index in [9.17, 15) is 9.18 Å². The Morgan fingerprint density at radius 3 is 2.35 bits per heavy atom. The fourth-order valence-corrected chi connectivity index (χ4v) is 2.30. The molecular formula is C17H15FN4O. The molecule has 0 aliphatic carbocycles. The quantitative estimate of drug-likeness (QED) is 0.745. The van der Waals surface area contributed by atoms with Gasteiger partial charge in [0.25, 0.3) is 5.91 Å². The molecule has 1 aromatic carbocycles. The minimum Gasteiger partial charge on any atom is -0.337 e. The Kier molecular flexibility index (Phi) is 4.48. The standard InChI is InChI=1S/C17H15FN4O/c18-15-5-2-14(3-6-15)4-7-16(23)21-10-12-22(13-11-21)17-19-8-1-9-20-17/h1-3,5-6,8-9H,10-13H2. The molecule has 1 amide bonds. The normalized spacial score (nSPS) is 14.1. The van der Waals surface area contributed by atoms with Crippen LogP contribution in [0.5, 0.6) is 0 Å². The maximum absolute atomic E-state index is 12.8. The molecule has 0 atom stereocenters. The molecule has 2 aromatic rings. The molecule has 1 aliphatic rings. The van der Waals surface area contributed by atoms with Crippen molar-refractivity contribution in [1.82, 2.24) is 14.9 Å². The van der Waals surface area contributed by atoms with Gasteiger partial charge < -0.3 is 9.80 Å². The molecule has 0 saturated carbocycles. The van der Waals surface area contributed by atoms with Crippen LogP contribution >= 0.6 is 0 Å². The zero-order chi connectivity index (χ0) is 16.1. The highest BCUT2D eigenvalue weighted by molar-refractivity contribution is 5.94. The van der Waals surface area contributed by atoms with E-state index in [2.05, 4.69) is 21.8 Å². The molecule has 2 heterocycles. The summed E-state index contributed by atoms with van der Waals surface area (Å²) in [4.78, 5) is 24.3. The Labute approximate surface area is 133 Å². The minimum atomic E-state index is -0.318. The van der Waals surface area contributed by atoms with Crippen LogP contribution in [0.1, 0.15) is 5.56 Å². The van der Waals surface area contributed by atoms with Crippen molar-refractivity contribution in [2.75, 3.05) is 31.1 Å². The van der Waals surface area contributed by atoms with Gasteiger partial charge in [0.2, 0.25) is 5.95 Å². The Bertz CT molecular complexity index is 729. The van der Waals surface area contributed by atoms with Crippen molar-refractivity contribution >= 4 is 11.9 Å². The van der Waals surface area contributed by atoms with Crippen LogP contribution < -0.4 is 4.90 Å². The zero-order valence-electron chi connectivity index (χ0n) is 12.4. The van der Waals surface area contributed by atoms with Gasteiger partial charge in [0.15, 0.2) is 0 Å². The smallest absolute Gasteiger partial charge is 0.298 e. The highest BCUT2D eigenvalue weighted by atomic mass is 19.1. The van der Waals surface area contributed by atoms with Crippen molar-refractivity contribution in [3.8, 4) is 11.8 Å². The Morgan fingerprint density at radius 1 is 1.04 bits per heavy atom. The molecule has 23 heavy (non-hydrogen) atoms. The summed E-state index contributed by atoms with van der Waals surface area (Å²) in [5.41, 5.74) is 0.621. The Morgan fingerprint density at radius 2 is 1.70 bits per heavy atom. The lowest BCUT2D eigenvalue weighted by molar-refractivity contribution is -0.125. The average Bonchev–Trinajstić information content (AvgIpc) is 2.62. The lowest BCUT2D eigenvalue weighted by Crippen LogP contribution is -2.49. The summed E-state index contributed by atoms with van der Waals surface area (Å²) < 4.78 is 12.8. The van der Waals surface area contributed by atoms with Gasteiger partial charge in [0.05, 0.1) is 0 Å². The summed E-state index contributed by atoms with van der Waals surface area (Å²) in [6.07, 6.45) is 3.40. The SMILES string of the molecule is O=C(C#Cc1ccc(F)cc1)N1CCN(c2ncccn2)CC1. The van der Waals surface area contributed by atoms with E-state index in [-0.39, 0.29) is 11.7 Å². The number of anilines is 1. The highest BCUT2D eigenvalue weighted by Gasteiger charge is 2.21. The summed E-state index contributed by atoms with van der Waals surface area (Å²) in [7, 11) is 0. The second-order valence-electron chi connectivity index (χ2n) is 5.08. The van der Waals surface area contributed by atoms with Crippen LogP contribution in [-0.2, 0) is 4.79 Å². The number of amides is 1. The molecule has 0 spiro atoms. The third kappa shape index (κ3) is 3.83. The first-order valence-corrected chi connectivity index (χ1v) is 7.31. The van der Waals surface area contributed by atoms with E-state index in [4.69, 9.17) is 0 Å². The van der Waals surface area contributed by atoms with Gasteiger partial charge in [-0.15, -0.1) is 0 Å². The molecular weight excluding hydrogens is 295 g/mol. The predicted molar refractivity (Wildman–Crippen MR) is 84.1 cm³/mol. The molecule has 6 heteroatoms. The molecule has 1 aromatic heterocycles. The van der Waals surface area contributed by atoms with E-state index in [0.717, 1.165) is 0 Å². The van der Waals surface area contributed by atoms with Gasteiger partial charge in [0.1, 0.15) is 5.82 Å². The van der Waals surface area contributed by atoms with Gasteiger partial charge in [-0.3, -0.25) is 4.79 Å². The number of benzene rings is 1. The fraction of sp³-hybridized carbons (Fsp3) is 0.235. The van der Waals surface area contributed by atoms with E-state index < -0.39 is 0 Å². The van der Waals surface area contributed by atoms with Gasteiger partial charge >= 0.3 is 0 Å². The topological polar surface area (TPSA) is 49.3 Å². The van der Waals surface area contributed by atoms with Gasteiger partial charge in [-0.25, -0.2) is 14.4 Å². The van der Waals surface area contributed by atoms with Crippen molar-refractivity contribution in [3.63, 3.8) is 0 Å². The number of rotatable bonds is 1. The van der Waals surface area contributed by atoms with Crippen LogP contribution in [0.15, 0.2) is 42.7 Å². The molecule has 0 radical (unpaired) electrons. The van der Waals surface area contributed by atoms with Crippen molar-refractivity contribution in [1.29, 1.82) is 0 Å². The maximum Gasteiger partial charge on any atom is 0.298 e. The number of nitrogens with zero attached hydrogens (tertiary/aromatic N) is 4.